The van der Waals surface area contributed by atoms with Gasteiger partial charge in [0, 0.05) is 5.54 Å². The van der Waals surface area contributed by atoms with Gasteiger partial charge in [0.15, 0.2) is 0 Å². The summed E-state index contributed by atoms with van der Waals surface area (Å²) in [5.74, 6) is 1.82. The lowest BCUT2D eigenvalue weighted by molar-refractivity contribution is 0.0442. The number of hydrogen-bond acceptors (Lipinski definition) is 2. The summed E-state index contributed by atoms with van der Waals surface area (Å²) >= 11 is 0. The first kappa shape index (κ1) is 15.0. The molecule has 17 heavy (non-hydrogen) atoms. The van der Waals surface area contributed by atoms with Crippen LogP contribution in [0.3, 0.4) is 0 Å². The van der Waals surface area contributed by atoms with Gasteiger partial charge < -0.3 is 0 Å². The molecule has 0 bridgehead atoms. The molecule has 1 aliphatic rings. The Bertz CT molecular complexity index is 215. The Labute approximate surface area is 108 Å². The van der Waals surface area contributed by atoms with Gasteiger partial charge in [-0.05, 0) is 65.1 Å². The third-order valence-corrected chi connectivity index (χ3v) is 4.89. The van der Waals surface area contributed by atoms with E-state index in [1.807, 2.05) is 0 Å². The average Bonchev–Trinajstić information content (AvgIpc) is 2.29. The van der Waals surface area contributed by atoms with Crippen molar-refractivity contribution in [2.75, 3.05) is 26.8 Å². The van der Waals surface area contributed by atoms with Crippen LogP contribution in [0.25, 0.3) is 0 Å². The molecule has 1 heterocycles. The summed E-state index contributed by atoms with van der Waals surface area (Å²) in [6.07, 6.45) is 3.99. The summed E-state index contributed by atoms with van der Waals surface area (Å²) in [6.45, 7) is 15.4. The summed E-state index contributed by atoms with van der Waals surface area (Å²) in [4.78, 5) is 5.12. The first-order valence-corrected chi connectivity index (χ1v) is 7.30. The third-order valence-electron chi connectivity index (χ3n) is 4.89. The van der Waals surface area contributed by atoms with E-state index in [4.69, 9.17) is 0 Å². The molecule has 0 radical (unpaired) electrons. The molecule has 1 aliphatic heterocycles. The van der Waals surface area contributed by atoms with Gasteiger partial charge in [0.2, 0.25) is 0 Å². The van der Waals surface area contributed by atoms with Crippen molar-refractivity contribution in [3.8, 4) is 0 Å². The Balaban J connectivity index is 2.35. The molecule has 102 valence electrons. The molecule has 2 heteroatoms. The number of piperidine rings is 1. The number of likely N-dealkylation sites (tertiary alicyclic amines) is 1. The molecular weight excluding hydrogens is 208 g/mol. The van der Waals surface area contributed by atoms with E-state index < -0.39 is 0 Å². The average molecular weight is 240 g/mol. The normalized spacial score (nSPS) is 20.5. The first-order valence-electron chi connectivity index (χ1n) is 7.30. The fraction of sp³-hybridized carbons (Fsp3) is 1.00. The van der Waals surface area contributed by atoms with E-state index in [-0.39, 0.29) is 0 Å². The Morgan fingerprint density at radius 1 is 1.24 bits per heavy atom. The minimum atomic E-state index is 0.328. The van der Waals surface area contributed by atoms with Gasteiger partial charge in [-0.1, -0.05) is 20.8 Å². The fourth-order valence-electron chi connectivity index (χ4n) is 2.52. The van der Waals surface area contributed by atoms with Crippen molar-refractivity contribution in [1.29, 1.82) is 0 Å². The summed E-state index contributed by atoms with van der Waals surface area (Å²) in [5, 5.41) is 0. The number of nitrogens with zero attached hydrogens (tertiary/aromatic N) is 2. The largest absolute Gasteiger partial charge is 0.290 e. The molecule has 1 saturated heterocycles. The highest BCUT2D eigenvalue weighted by molar-refractivity contribution is 4.79. The van der Waals surface area contributed by atoms with Crippen molar-refractivity contribution in [3.05, 3.63) is 0 Å². The monoisotopic (exact) mass is 240 g/mol. The fourth-order valence-corrected chi connectivity index (χ4v) is 2.52. The van der Waals surface area contributed by atoms with E-state index in [0.717, 1.165) is 18.5 Å². The molecule has 0 aromatic heterocycles. The lowest BCUT2D eigenvalue weighted by Crippen LogP contribution is -2.49. The van der Waals surface area contributed by atoms with E-state index >= 15 is 0 Å². The predicted molar refractivity (Wildman–Crippen MR) is 76.1 cm³/mol. The summed E-state index contributed by atoms with van der Waals surface area (Å²) in [5.41, 5.74) is 0.328. The quantitative estimate of drug-likeness (QED) is 0.726. The lowest BCUT2D eigenvalue weighted by Gasteiger charge is -2.41. The molecule has 0 amide bonds. The maximum atomic E-state index is 2.62. The minimum absolute atomic E-state index is 0.328. The van der Waals surface area contributed by atoms with E-state index in [9.17, 15) is 0 Å². The van der Waals surface area contributed by atoms with Crippen LogP contribution in [0.5, 0.6) is 0 Å². The molecule has 0 atom stereocenters. The predicted octanol–water partition coefficient (Wildman–Crippen LogP) is 3.43. The topological polar surface area (TPSA) is 6.48 Å². The summed E-state index contributed by atoms with van der Waals surface area (Å²) in [6, 6.07) is 0. The van der Waals surface area contributed by atoms with Gasteiger partial charge in [0.25, 0.3) is 0 Å². The molecular formula is C15H32N2. The van der Waals surface area contributed by atoms with Crippen molar-refractivity contribution >= 4 is 0 Å². The van der Waals surface area contributed by atoms with Crippen LogP contribution >= 0.6 is 0 Å². The van der Waals surface area contributed by atoms with Crippen LogP contribution in [0.1, 0.15) is 53.9 Å². The second-order valence-electron chi connectivity index (χ2n) is 6.70. The molecule has 0 spiro atoms. The second kappa shape index (κ2) is 6.19. The summed E-state index contributed by atoms with van der Waals surface area (Å²) < 4.78 is 0. The van der Waals surface area contributed by atoms with Crippen molar-refractivity contribution in [1.82, 2.24) is 9.80 Å². The molecule has 1 fully saturated rings. The van der Waals surface area contributed by atoms with Gasteiger partial charge in [-0.2, -0.15) is 0 Å². The Morgan fingerprint density at radius 2 is 1.76 bits per heavy atom. The van der Waals surface area contributed by atoms with Gasteiger partial charge in [0.1, 0.15) is 0 Å². The van der Waals surface area contributed by atoms with Crippen LogP contribution in [0, 0.1) is 11.8 Å². The van der Waals surface area contributed by atoms with E-state index in [0.29, 0.717) is 5.54 Å². The zero-order chi connectivity index (χ0) is 13.1. The zero-order valence-electron chi connectivity index (χ0n) is 12.8. The standard InChI is InChI=1S/C15H32N2/c1-7-15(4,5)16(6)12-17-10-8-14(9-11-17)13(2)3/h13-14H,7-12H2,1-6H3. The Kier molecular flexibility index (Phi) is 5.46. The molecule has 1 rings (SSSR count). The SMILES string of the molecule is CCC(C)(C)N(C)CN1CCC(C(C)C)CC1. The van der Waals surface area contributed by atoms with Crippen LogP contribution in [0.15, 0.2) is 0 Å². The molecule has 0 saturated carbocycles. The Morgan fingerprint density at radius 3 is 2.18 bits per heavy atom. The highest BCUT2D eigenvalue weighted by Crippen LogP contribution is 2.25. The highest BCUT2D eigenvalue weighted by atomic mass is 15.3. The highest BCUT2D eigenvalue weighted by Gasteiger charge is 2.26. The smallest absolute Gasteiger partial charge is 0.0508 e. The van der Waals surface area contributed by atoms with Crippen LogP contribution in [-0.4, -0.2) is 42.1 Å². The maximum Gasteiger partial charge on any atom is 0.0508 e. The van der Waals surface area contributed by atoms with Crippen molar-refractivity contribution in [2.45, 2.75) is 59.4 Å². The number of rotatable bonds is 5. The second-order valence-corrected chi connectivity index (χ2v) is 6.70. The van der Waals surface area contributed by atoms with Crippen LogP contribution < -0.4 is 0 Å². The van der Waals surface area contributed by atoms with Crippen molar-refractivity contribution < 1.29 is 0 Å². The van der Waals surface area contributed by atoms with Gasteiger partial charge in [-0.25, -0.2) is 0 Å². The molecule has 0 aromatic carbocycles. The molecule has 0 N–H and O–H groups in total. The van der Waals surface area contributed by atoms with Crippen molar-refractivity contribution in [2.24, 2.45) is 11.8 Å². The van der Waals surface area contributed by atoms with Gasteiger partial charge >= 0.3 is 0 Å². The van der Waals surface area contributed by atoms with Crippen LogP contribution in [0.2, 0.25) is 0 Å². The van der Waals surface area contributed by atoms with Gasteiger partial charge in [-0.3, -0.25) is 9.80 Å². The molecule has 2 nitrogen and oxygen atoms in total. The van der Waals surface area contributed by atoms with Crippen LogP contribution in [-0.2, 0) is 0 Å². The molecule has 0 aromatic rings. The third kappa shape index (κ3) is 4.26. The van der Waals surface area contributed by atoms with E-state index in [2.05, 4.69) is 51.5 Å². The van der Waals surface area contributed by atoms with Gasteiger partial charge in [-0.15, -0.1) is 0 Å². The minimum Gasteiger partial charge on any atom is -0.290 e. The van der Waals surface area contributed by atoms with Crippen molar-refractivity contribution in [3.63, 3.8) is 0 Å². The zero-order valence-corrected chi connectivity index (χ0v) is 12.8. The van der Waals surface area contributed by atoms with E-state index in [1.54, 1.807) is 0 Å². The number of hydrogen-bond donors (Lipinski definition) is 0. The summed E-state index contributed by atoms with van der Waals surface area (Å²) in [7, 11) is 2.26. The van der Waals surface area contributed by atoms with Gasteiger partial charge in [0.05, 0.1) is 6.67 Å². The first-order chi connectivity index (χ1) is 7.86. The van der Waals surface area contributed by atoms with E-state index in [1.165, 1.54) is 32.4 Å². The maximum absolute atomic E-state index is 2.62. The lowest BCUT2D eigenvalue weighted by atomic mass is 9.87. The van der Waals surface area contributed by atoms with Crippen LogP contribution in [0.4, 0.5) is 0 Å². The molecule has 0 unspecified atom stereocenters. The molecule has 0 aliphatic carbocycles. The Hall–Kier alpha value is -0.0800.